The van der Waals surface area contributed by atoms with Gasteiger partial charge in [0.25, 0.3) is 0 Å². The summed E-state index contributed by atoms with van der Waals surface area (Å²) in [6, 6.07) is 0. The van der Waals surface area contributed by atoms with E-state index in [4.69, 9.17) is 0 Å². The van der Waals surface area contributed by atoms with Gasteiger partial charge in [0.05, 0.1) is 0 Å². The fraction of sp³-hybridized carbons (Fsp3) is 0.308. The zero-order valence-corrected chi connectivity index (χ0v) is 15.4. The van der Waals surface area contributed by atoms with E-state index in [2.05, 4.69) is 60.8 Å². The molecular weight excluding hydrogens is 312 g/mol. The van der Waals surface area contributed by atoms with Crippen LogP contribution in [0.15, 0.2) is 105 Å². The number of rotatable bonds is 0. The first-order chi connectivity index (χ1) is 12.8. The Morgan fingerprint density at radius 3 is 1.77 bits per heavy atom. The van der Waals surface area contributed by atoms with E-state index in [1.54, 1.807) is 16.7 Å². The smallest absolute Gasteiger partial charge is 0.00641 e. The van der Waals surface area contributed by atoms with Crippen molar-refractivity contribution in [2.75, 3.05) is 0 Å². The minimum Gasteiger partial charge on any atom is -0.0763 e. The van der Waals surface area contributed by atoms with Gasteiger partial charge in [0, 0.05) is 0 Å². The Morgan fingerprint density at radius 1 is 0.500 bits per heavy atom. The molecule has 0 spiro atoms. The quantitative estimate of drug-likeness (QED) is 0.440. The van der Waals surface area contributed by atoms with Gasteiger partial charge >= 0.3 is 0 Å². The molecule has 0 radical (unpaired) electrons. The molecule has 130 valence electrons. The first kappa shape index (κ1) is 15.9. The lowest BCUT2D eigenvalue weighted by Gasteiger charge is -2.22. The van der Waals surface area contributed by atoms with Crippen LogP contribution in [0, 0.1) is 0 Å². The molecule has 0 aromatic rings. The average molecular weight is 338 g/mol. The van der Waals surface area contributed by atoms with Crippen molar-refractivity contribution in [3.63, 3.8) is 0 Å². The molecule has 0 nitrogen and oxygen atoms in total. The van der Waals surface area contributed by atoms with Crippen LogP contribution in [-0.2, 0) is 0 Å². The summed E-state index contributed by atoms with van der Waals surface area (Å²) in [5, 5.41) is 0. The standard InChI is InChI=1S/C26H26/c1-3-21-4-2-19(1)15-20-5-7-23(8-6-20)18-26-14-13-25(26)12-11-22-9-10-24(16-21)17-22/h1,3,5,7,11-12,14-17H,2,4,6,8-10,13,18H2/b19-15+,21-16?,22-11?,25-12-. The molecule has 8 aliphatic carbocycles. The van der Waals surface area contributed by atoms with Crippen LogP contribution >= 0.6 is 0 Å². The summed E-state index contributed by atoms with van der Waals surface area (Å²) in [5.41, 5.74) is 12.1. The van der Waals surface area contributed by atoms with Crippen LogP contribution in [0.2, 0.25) is 0 Å². The van der Waals surface area contributed by atoms with Crippen molar-refractivity contribution in [2.45, 2.75) is 51.4 Å². The molecule has 0 aromatic heterocycles. The molecule has 0 atom stereocenters. The lowest BCUT2D eigenvalue weighted by atomic mass is 9.83. The molecule has 0 heteroatoms. The van der Waals surface area contributed by atoms with Crippen LogP contribution in [0.4, 0.5) is 0 Å². The SMILES string of the molecule is C1=C/C2=C\C3=CC=C(CC3)CC3=CC/C3=C/C=C3C=C(C=C1CC2)CC3. The van der Waals surface area contributed by atoms with Crippen molar-refractivity contribution >= 4 is 0 Å². The molecule has 0 fully saturated rings. The fourth-order valence-corrected chi connectivity index (χ4v) is 4.44. The molecule has 8 aliphatic rings. The van der Waals surface area contributed by atoms with Gasteiger partial charge in [0.1, 0.15) is 0 Å². The highest BCUT2D eigenvalue weighted by Gasteiger charge is 2.17. The Bertz CT molecular complexity index is 913. The maximum atomic E-state index is 2.42. The molecule has 0 N–H and O–H groups in total. The zero-order chi connectivity index (χ0) is 17.3. The third-order valence-electron chi connectivity index (χ3n) is 6.19. The monoisotopic (exact) mass is 338 g/mol. The largest absolute Gasteiger partial charge is 0.0763 e. The highest BCUT2D eigenvalue weighted by Crippen LogP contribution is 2.36. The number of hydrogen-bond donors (Lipinski definition) is 0. The molecule has 8 rings (SSSR count). The molecule has 0 heterocycles. The molecule has 0 unspecified atom stereocenters. The predicted molar refractivity (Wildman–Crippen MR) is 111 cm³/mol. The van der Waals surface area contributed by atoms with E-state index in [1.165, 1.54) is 66.4 Å². The lowest BCUT2D eigenvalue weighted by molar-refractivity contribution is 0.859. The van der Waals surface area contributed by atoms with Crippen LogP contribution in [0.5, 0.6) is 0 Å². The molecule has 26 heavy (non-hydrogen) atoms. The number of allylic oxidation sites excluding steroid dienone is 18. The minimum absolute atomic E-state index is 1.14. The van der Waals surface area contributed by atoms with Crippen molar-refractivity contribution < 1.29 is 0 Å². The van der Waals surface area contributed by atoms with Crippen molar-refractivity contribution in [2.24, 2.45) is 0 Å². The van der Waals surface area contributed by atoms with Crippen molar-refractivity contribution in [3.8, 4) is 0 Å². The number of hydrogen-bond acceptors (Lipinski definition) is 0. The lowest BCUT2D eigenvalue weighted by Crippen LogP contribution is -2.03. The van der Waals surface area contributed by atoms with Crippen LogP contribution < -0.4 is 0 Å². The molecular formula is C26H26. The molecule has 0 aromatic carbocycles. The van der Waals surface area contributed by atoms with Crippen LogP contribution in [0.25, 0.3) is 0 Å². The van der Waals surface area contributed by atoms with E-state index >= 15 is 0 Å². The average Bonchev–Trinajstić information content (AvgIpc) is 3.08. The van der Waals surface area contributed by atoms with Gasteiger partial charge in [0.2, 0.25) is 0 Å². The Kier molecular flexibility index (Phi) is 4.13. The topological polar surface area (TPSA) is 0 Å². The van der Waals surface area contributed by atoms with Gasteiger partial charge < -0.3 is 0 Å². The second-order valence-electron chi connectivity index (χ2n) is 8.10. The van der Waals surface area contributed by atoms with Gasteiger partial charge in [-0.15, -0.1) is 0 Å². The highest BCUT2D eigenvalue weighted by atomic mass is 14.2. The van der Waals surface area contributed by atoms with E-state index in [-0.39, 0.29) is 0 Å². The van der Waals surface area contributed by atoms with E-state index in [0.717, 1.165) is 12.8 Å². The Hall–Kier alpha value is -2.34. The second-order valence-corrected chi connectivity index (χ2v) is 8.10. The van der Waals surface area contributed by atoms with Gasteiger partial charge in [-0.1, -0.05) is 66.3 Å². The summed E-state index contributed by atoms with van der Waals surface area (Å²) < 4.78 is 0. The molecule has 0 saturated carbocycles. The first-order valence-electron chi connectivity index (χ1n) is 10.1. The summed E-state index contributed by atoms with van der Waals surface area (Å²) in [4.78, 5) is 0. The van der Waals surface area contributed by atoms with Gasteiger partial charge in [-0.2, -0.15) is 0 Å². The van der Waals surface area contributed by atoms with Gasteiger partial charge in [-0.05, 0) is 90.4 Å². The van der Waals surface area contributed by atoms with E-state index in [9.17, 15) is 0 Å². The summed E-state index contributed by atoms with van der Waals surface area (Å²) in [6.45, 7) is 0. The zero-order valence-electron chi connectivity index (χ0n) is 15.4. The molecule has 6 bridgehead atoms. The Balaban J connectivity index is 1.52. The summed E-state index contributed by atoms with van der Waals surface area (Å²) in [7, 11) is 0. The van der Waals surface area contributed by atoms with Crippen molar-refractivity contribution in [1.29, 1.82) is 0 Å². The third kappa shape index (κ3) is 3.33. The normalized spacial score (nSPS) is 28.6. The first-order valence-corrected chi connectivity index (χ1v) is 10.1. The molecule has 0 aliphatic heterocycles. The predicted octanol–water partition coefficient (Wildman–Crippen LogP) is 7.14. The second kappa shape index (κ2) is 6.76. The molecule has 0 saturated heterocycles. The minimum atomic E-state index is 1.14. The van der Waals surface area contributed by atoms with Gasteiger partial charge in [-0.25, -0.2) is 0 Å². The fourth-order valence-electron chi connectivity index (χ4n) is 4.44. The van der Waals surface area contributed by atoms with E-state index in [0.29, 0.717) is 0 Å². The van der Waals surface area contributed by atoms with Gasteiger partial charge in [0.15, 0.2) is 0 Å². The van der Waals surface area contributed by atoms with Crippen LogP contribution in [-0.4, -0.2) is 0 Å². The van der Waals surface area contributed by atoms with Crippen molar-refractivity contribution in [3.05, 3.63) is 105 Å². The Labute approximate surface area is 157 Å². The Morgan fingerprint density at radius 2 is 1.12 bits per heavy atom. The van der Waals surface area contributed by atoms with Crippen LogP contribution in [0.1, 0.15) is 51.4 Å². The van der Waals surface area contributed by atoms with Crippen molar-refractivity contribution in [1.82, 2.24) is 0 Å². The molecule has 0 amide bonds. The summed E-state index contributed by atoms with van der Waals surface area (Å²) in [5.74, 6) is 0. The maximum absolute atomic E-state index is 2.42. The maximum Gasteiger partial charge on any atom is -0.00641 e. The summed E-state index contributed by atoms with van der Waals surface area (Å²) in [6.07, 6.45) is 33.2. The third-order valence-corrected chi connectivity index (χ3v) is 6.19. The summed E-state index contributed by atoms with van der Waals surface area (Å²) >= 11 is 0. The van der Waals surface area contributed by atoms with Gasteiger partial charge in [-0.3, -0.25) is 0 Å². The van der Waals surface area contributed by atoms with E-state index in [1.807, 2.05) is 0 Å². The van der Waals surface area contributed by atoms with Crippen LogP contribution in [0.3, 0.4) is 0 Å². The van der Waals surface area contributed by atoms with E-state index < -0.39 is 0 Å². The highest BCUT2D eigenvalue weighted by molar-refractivity contribution is 5.50.